The molecule has 0 saturated heterocycles. The molecule has 106 valence electrons. The normalized spacial score (nSPS) is 10.8. The van der Waals surface area contributed by atoms with Crippen LogP contribution in [0.5, 0.6) is 0 Å². The van der Waals surface area contributed by atoms with Crippen LogP contribution in [0.3, 0.4) is 0 Å². The molecule has 0 unspecified atom stereocenters. The third-order valence-corrected chi connectivity index (χ3v) is 3.38. The molecule has 3 aromatic rings. The minimum Gasteiger partial charge on any atom is -0.272 e. The van der Waals surface area contributed by atoms with Crippen LogP contribution in [-0.2, 0) is 6.42 Å². The van der Waals surface area contributed by atoms with Crippen molar-refractivity contribution in [3.8, 4) is 5.69 Å². The van der Waals surface area contributed by atoms with Crippen molar-refractivity contribution in [3.05, 3.63) is 76.3 Å². The van der Waals surface area contributed by atoms with Gasteiger partial charge in [-0.2, -0.15) is 5.10 Å². The van der Waals surface area contributed by atoms with Crippen molar-refractivity contribution < 1.29 is 8.78 Å². The van der Waals surface area contributed by atoms with Crippen molar-refractivity contribution in [3.63, 3.8) is 0 Å². The minimum atomic E-state index is -0.868. The second-order valence-corrected chi connectivity index (χ2v) is 4.93. The van der Waals surface area contributed by atoms with E-state index in [0.717, 1.165) is 11.8 Å². The number of aromatic nitrogens is 3. The van der Waals surface area contributed by atoms with Crippen molar-refractivity contribution in [2.75, 3.05) is 0 Å². The molecule has 0 atom stereocenters. The Kier molecular flexibility index (Phi) is 3.62. The van der Waals surface area contributed by atoms with Gasteiger partial charge in [-0.3, -0.25) is 9.67 Å². The van der Waals surface area contributed by atoms with Crippen LogP contribution in [0, 0.1) is 16.4 Å². The van der Waals surface area contributed by atoms with E-state index in [9.17, 15) is 8.78 Å². The number of benzene rings is 2. The Morgan fingerprint density at radius 1 is 1.05 bits per heavy atom. The van der Waals surface area contributed by atoms with Gasteiger partial charge in [0.25, 0.3) is 0 Å². The fraction of sp³-hybridized carbons (Fsp3) is 0.0667. The van der Waals surface area contributed by atoms with Gasteiger partial charge in [0.15, 0.2) is 16.4 Å². The summed E-state index contributed by atoms with van der Waals surface area (Å²) in [7, 11) is 0. The largest absolute Gasteiger partial charge is 0.272 e. The average molecular weight is 303 g/mol. The number of H-pyrrole nitrogens is 1. The SMILES string of the molecule is Fc1ccc(Cc2n[nH]c(=S)n2-c2ccccc2)cc1F. The standard InChI is InChI=1S/C15H11F2N3S/c16-12-7-6-10(8-13(12)17)9-14-18-19-15(21)20(14)11-4-2-1-3-5-11/h1-8H,9H2,(H,19,21). The molecule has 0 aliphatic rings. The Bertz CT molecular complexity index is 824. The Labute approximate surface area is 124 Å². The van der Waals surface area contributed by atoms with E-state index in [0.29, 0.717) is 22.6 Å². The van der Waals surface area contributed by atoms with Gasteiger partial charge in [0.1, 0.15) is 5.82 Å². The molecule has 6 heteroatoms. The molecule has 0 amide bonds. The first-order valence-electron chi connectivity index (χ1n) is 6.31. The highest BCUT2D eigenvalue weighted by Gasteiger charge is 2.10. The molecule has 21 heavy (non-hydrogen) atoms. The number of hydrogen-bond acceptors (Lipinski definition) is 2. The monoisotopic (exact) mass is 303 g/mol. The second-order valence-electron chi connectivity index (χ2n) is 4.54. The maximum absolute atomic E-state index is 13.3. The van der Waals surface area contributed by atoms with Gasteiger partial charge in [0, 0.05) is 12.1 Å². The Morgan fingerprint density at radius 2 is 1.81 bits per heavy atom. The zero-order valence-electron chi connectivity index (χ0n) is 10.9. The van der Waals surface area contributed by atoms with E-state index in [1.165, 1.54) is 12.1 Å². The van der Waals surface area contributed by atoms with E-state index in [-0.39, 0.29) is 0 Å². The number of rotatable bonds is 3. The molecule has 0 radical (unpaired) electrons. The van der Waals surface area contributed by atoms with E-state index in [4.69, 9.17) is 12.2 Å². The summed E-state index contributed by atoms with van der Waals surface area (Å²) < 4.78 is 28.5. The van der Waals surface area contributed by atoms with Crippen molar-refractivity contribution in [2.24, 2.45) is 0 Å². The highest BCUT2D eigenvalue weighted by molar-refractivity contribution is 7.71. The summed E-state index contributed by atoms with van der Waals surface area (Å²) in [5, 5.41) is 6.90. The molecule has 0 saturated carbocycles. The van der Waals surface area contributed by atoms with Crippen LogP contribution in [0.4, 0.5) is 8.78 Å². The lowest BCUT2D eigenvalue weighted by atomic mass is 10.1. The first-order valence-corrected chi connectivity index (χ1v) is 6.71. The minimum absolute atomic E-state index is 0.346. The number of halogens is 2. The molecule has 3 nitrogen and oxygen atoms in total. The van der Waals surface area contributed by atoms with Crippen LogP contribution in [0.25, 0.3) is 5.69 Å². The predicted molar refractivity (Wildman–Crippen MR) is 77.9 cm³/mol. The van der Waals surface area contributed by atoms with Crippen molar-refractivity contribution in [2.45, 2.75) is 6.42 Å². The zero-order chi connectivity index (χ0) is 14.8. The second kappa shape index (κ2) is 5.57. The maximum atomic E-state index is 13.3. The summed E-state index contributed by atoms with van der Waals surface area (Å²) in [6.07, 6.45) is 0.346. The molecule has 1 aromatic heterocycles. The van der Waals surface area contributed by atoms with Crippen LogP contribution < -0.4 is 0 Å². The summed E-state index contributed by atoms with van der Waals surface area (Å²) in [6, 6.07) is 13.3. The van der Waals surface area contributed by atoms with Crippen LogP contribution in [0.1, 0.15) is 11.4 Å². The lowest BCUT2D eigenvalue weighted by Crippen LogP contribution is -2.03. The predicted octanol–water partition coefficient (Wildman–Crippen LogP) is 3.80. The maximum Gasteiger partial charge on any atom is 0.199 e. The quantitative estimate of drug-likeness (QED) is 0.747. The van der Waals surface area contributed by atoms with Crippen LogP contribution in [0.2, 0.25) is 0 Å². The smallest absolute Gasteiger partial charge is 0.199 e. The number of nitrogens with one attached hydrogen (secondary N) is 1. The molecule has 2 aromatic carbocycles. The topological polar surface area (TPSA) is 33.6 Å². The van der Waals surface area contributed by atoms with E-state index in [1.54, 1.807) is 4.57 Å². The molecule has 3 rings (SSSR count). The Hall–Kier alpha value is -2.34. The summed E-state index contributed by atoms with van der Waals surface area (Å²) in [6.45, 7) is 0. The van der Waals surface area contributed by atoms with Crippen molar-refractivity contribution in [1.82, 2.24) is 14.8 Å². The van der Waals surface area contributed by atoms with Crippen LogP contribution in [-0.4, -0.2) is 14.8 Å². The van der Waals surface area contributed by atoms with Crippen molar-refractivity contribution in [1.29, 1.82) is 0 Å². The van der Waals surface area contributed by atoms with Gasteiger partial charge in [0.05, 0.1) is 0 Å². The molecular formula is C15H11F2N3S. The van der Waals surface area contributed by atoms with Crippen LogP contribution >= 0.6 is 12.2 Å². The van der Waals surface area contributed by atoms with Gasteiger partial charge < -0.3 is 0 Å². The molecule has 0 bridgehead atoms. The van der Waals surface area contributed by atoms with Gasteiger partial charge in [0.2, 0.25) is 0 Å². The van der Waals surface area contributed by atoms with E-state index < -0.39 is 11.6 Å². The fourth-order valence-electron chi connectivity index (χ4n) is 2.12. The van der Waals surface area contributed by atoms with Gasteiger partial charge in [-0.15, -0.1) is 0 Å². The summed E-state index contributed by atoms with van der Waals surface area (Å²) in [5.74, 6) is -1.09. The lowest BCUT2D eigenvalue weighted by molar-refractivity contribution is 0.507. The third kappa shape index (κ3) is 2.75. The highest BCUT2D eigenvalue weighted by Crippen LogP contribution is 2.16. The average Bonchev–Trinajstić information content (AvgIpc) is 2.85. The molecule has 0 aliphatic heterocycles. The van der Waals surface area contributed by atoms with E-state index >= 15 is 0 Å². The third-order valence-electron chi connectivity index (χ3n) is 3.10. The summed E-state index contributed by atoms with van der Waals surface area (Å²) >= 11 is 5.23. The lowest BCUT2D eigenvalue weighted by Gasteiger charge is -2.07. The Balaban J connectivity index is 2.01. The molecule has 0 fully saturated rings. The summed E-state index contributed by atoms with van der Waals surface area (Å²) in [4.78, 5) is 0. The van der Waals surface area contributed by atoms with Gasteiger partial charge in [-0.1, -0.05) is 24.3 Å². The van der Waals surface area contributed by atoms with E-state index in [1.807, 2.05) is 30.3 Å². The summed E-state index contributed by atoms with van der Waals surface area (Å²) in [5.41, 5.74) is 1.49. The zero-order valence-corrected chi connectivity index (χ0v) is 11.7. The number of nitrogens with zero attached hydrogens (tertiary/aromatic N) is 2. The molecule has 0 aliphatic carbocycles. The molecular weight excluding hydrogens is 292 g/mol. The number of hydrogen-bond donors (Lipinski definition) is 1. The number of para-hydroxylation sites is 1. The first-order chi connectivity index (χ1) is 10.1. The Morgan fingerprint density at radius 3 is 2.52 bits per heavy atom. The van der Waals surface area contributed by atoms with Gasteiger partial charge in [-0.25, -0.2) is 8.78 Å². The van der Waals surface area contributed by atoms with Gasteiger partial charge >= 0.3 is 0 Å². The molecule has 0 spiro atoms. The fourth-order valence-corrected chi connectivity index (χ4v) is 2.38. The highest BCUT2D eigenvalue weighted by atomic mass is 32.1. The van der Waals surface area contributed by atoms with Crippen LogP contribution in [0.15, 0.2) is 48.5 Å². The first kappa shape index (κ1) is 13.6. The molecule has 1 N–H and O–H groups in total. The van der Waals surface area contributed by atoms with Gasteiger partial charge in [-0.05, 0) is 42.0 Å². The van der Waals surface area contributed by atoms with Crippen molar-refractivity contribution >= 4 is 12.2 Å². The molecule has 1 heterocycles. The van der Waals surface area contributed by atoms with E-state index in [2.05, 4.69) is 10.2 Å². The number of aromatic amines is 1.